The molecular formula is C31H35FO3. The van der Waals surface area contributed by atoms with Crippen LogP contribution in [0.4, 0.5) is 4.39 Å². The molecule has 0 bridgehead atoms. The number of hydrogen-bond donors (Lipinski definition) is 1. The second-order valence-electron chi connectivity index (χ2n) is 8.68. The van der Waals surface area contributed by atoms with Crippen molar-refractivity contribution in [2.45, 2.75) is 39.5 Å². The van der Waals surface area contributed by atoms with Crippen LogP contribution in [-0.2, 0) is 30.4 Å². The number of halogens is 1. The molecule has 3 aromatic rings. The van der Waals surface area contributed by atoms with Gasteiger partial charge >= 0.3 is 0 Å². The summed E-state index contributed by atoms with van der Waals surface area (Å²) in [5, 5.41) is 9.19. The Morgan fingerprint density at radius 1 is 0.829 bits per heavy atom. The van der Waals surface area contributed by atoms with E-state index in [1.54, 1.807) is 6.07 Å². The Bertz CT molecular complexity index is 1150. The fraction of sp³-hybridized carbons (Fsp3) is 0.290. The van der Waals surface area contributed by atoms with Gasteiger partial charge in [-0.2, -0.15) is 0 Å². The minimum absolute atomic E-state index is 0.114. The first-order valence-electron chi connectivity index (χ1n) is 12.1. The summed E-state index contributed by atoms with van der Waals surface area (Å²) in [6.45, 7) is 12.5. The van der Waals surface area contributed by atoms with Gasteiger partial charge in [-0.25, -0.2) is 4.39 Å². The third-order valence-electron chi connectivity index (χ3n) is 6.00. The van der Waals surface area contributed by atoms with E-state index in [0.717, 1.165) is 52.8 Å². The molecule has 0 fully saturated rings. The van der Waals surface area contributed by atoms with E-state index in [0.29, 0.717) is 31.0 Å². The SMILES string of the molecule is C=C(C)C(=C)OCCOc1ccc(CCc2ccc(-c3ccc(CCO)cc3CC)c(F)c2)cc1. The van der Waals surface area contributed by atoms with Crippen LogP contribution in [0, 0.1) is 5.82 Å². The van der Waals surface area contributed by atoms with Crippen molar-refractivity contribution in [1.82, 2.24) is 0 Å². The topological polar surface area (TPSA) is 38.7 Å². The van der Waals surface area contributed by atoms with E-state index in [4.69, 9.17) is 9.47 Å². The van der Waals surface area contributed by atoms with Crippen LogP contribution in [0.25, 0.3) is 11.1 Å². The molecule has 0 heterocycles. The van der Waals surface area contributed by atoms with Crippen molar-refractivity contribution in [3.63, 3.8) is 0 Å². The van der Waals surface area contributed by atoms with E-state index in [9.17, 15) is 5.11 Å². The van der Waals surface area contributed by atoms with Gasteiger partial charge in [0.2, 0.25) is 0 Å². The summed E-state index contributed by atoms with van der Waals surface area (Å²) in [5.41, 5.74) is 6.66. The Morgan fingerprint density at radius 2 is 1.46 bits per heavy atom. The normalized spacial score (nSPS) is 10.7. The number of benzene rings is 3. The van der Waals surface area contributed by atoms with E-state index in [-0.39, 0.29) is 12.4 Å². The average molecular weight is 475 g/mol. The van der Waals surface area contributed by atoms with E-state index in [1.807, 2.05) is 55.5 Å². The zero-order valence-electron chi connectivity index (χ0n) is 20.8. The number of aliphatic hydroxyl groups is 1. The second kappa shape index (κ2) is 12.9. The molecule has 0 saturated carbocycles. The molecule has 35 heavy (non-hydrogen) atoms. The number of ether oxygens (including phenoxy) is 2. The van der Waals surface area contributed by atoms with Crippen LogP contribution in [0.2, 0.25) is 0 Å². The van der Waals surface area contributed by atoms with Gasteiger partial charge < -0.3 is 14.6 Å². The molecule has 0 aliphatic rings. The second-order valence-corrected chi connectivity index (χ2v) is 8.68. The van der Waals surface area contributed by atoms with Gasteiger partial charge in [-0.15, -0.1) is 0 Å². The van der Waals surface area contributed by atoms with Crippen LogP contribution < -0.4 is 4.74 Å². The first-order chi connectivity index (χ1) is 16.9. The first-order valence-corrected chi connectivity index (χ1v) is 12.1. The summed E-state index contributed by atoms with van der Waals surface area (Å²) >= 11 is 0. The highest BCUT2D eigenvalue weighted by atomic mass is 19.1. The van der Waals surface area contributed by atoms with Crippen molar-refractivity contribution in [2.24, 2.45) is 0 Å². The zero-order valence-corrected chi connectivity index (χ0v) is 20.8. The van der Waals surface area contributed by atoms with Gasteiger partial charge in [0.15, 0.2) is 0 Å². The highest BCUT2D eigenvalue weighted by Gasteiger charge is 2.11. The van der Waals surface area contributed by atoms with Crippen molar-refractivity contribution < 1.29 is 19.0 Å². The summed E-state index contributed by atoms with van der Waals surface area (Å²) in [6, 6.07) is 19.5. The van der Waals surface area contributed by atoms with Gasteiger partial charge in [0, 0.05) is 12.2 Å². The number of rotatable bonds is 13. The van der Waals surface area contributed by atoms with Crippen molar-refractivity contribution in [3.8, 4) is 16.9 Å². The molecule has 0 atom stereocenters. The lowest BCUT2D eigenvalue weighted by atomic mass is 9.93. The maximum absolute atomic E-state index is 15.0. The molecule has 0 aliphatic carbocycles. The Labute approximate surface area is 208 Å². The summed E-state index contributed by atoms with van der Waals surface area (Å²) in [5.74, 6) is 1.16. The first kappa shape index (κ1) is 26.2. The molecule has 184 valence electrons. The Kier molecular flexibility index (Phi) is 9.68. The summed E-state index contributed by atoms with van der Waals surface area (Å²) < 4.78 is 26.2. The summed E-state index contributed by atoms with van der Waals surface area (Å²) in [7, 11) is 0. The van der Waals surface area contributed by atoms with Crippen molar-refractivity contribution >= 4 is 0 Å². The molecule has 0 amide bonds. The van der Waals surface area contributed by atoms with Gasteiger partial charge in [-0.05, 0) is 84.2 Å². The number of allylic oxidation sites excluding steroid dienone is 1. The smallest absolute Gasteiger partial charge is 0.131 e. The van der Waals surface area contributed by atoms with Crippen LogP contribution in [0.5, 0.6) is 5.75 Å². The van der Waals surface area contributed by atoms with E-state index < -0.39 is 0 Å². The molecule has 0 aliphatic heterocycles. The molecule has 3 aromatic carbocycles. The third-order valence-corrected chi connectivity index (χ3v) is 6.00. The fourth-order valence-corrected chi connectivity index (χ4v) is 3.91. The van der Waals surface area contributed by atoms with Gasteiger partial charge in [0.25, 0.3) is 0 Å². The van der Waals surface area contributed by atoms with E-state index in [2.05, 4.69) is 26.1 Å². The average Bonchev–Trinajstić information content (AvgIpc) is 2.86. The van der Waals surface area contributed by atoms with Gasteiger partial charge in [-0.3, -0.25) is 0 Å². The van der Waals surface area contributed by atoms with Crippen molar-refractivity contribution in [1.29, 1.82) is 0 Å². The lowest BCUT2D eigenvalue weighted by Crippen LogP contribution is -2.06. The van der Waals surface area contributed by atoms with Crippen molar-refractivity contribution in [3.05, 3.63) is 113 Å². The number of aliphatic hydroxyl groups excluding tert-OH is 1. The Hall–Kier alpha value is -3.37. The maximum Gasteiger partial charge on any atom is 0.131 e. The molecule has 3 rings (SSSR count). The third kappa shape index (κ3) is 7.56. The lowest BCUT2D eigenvalue weighted by Gasteiger charge is -2.13. The number of aryl methyl sites for hydroxylation is 3. The van der Waals surface area contributed by atoms with Crippen LogP contribution in [-0.4, -0.2) is 24.9 Å². The molecule has 0 aromatic heterocycles. The van der Waals surface area contributed by atoms with E-state index >= 15 is 4.39 Å². The molecule has 0 radical (unpaired) electrons. The van der Waals surface area contributed by atoms with Crippen molar-refractivity contribution in [2.75, 3.05) is 19.8 Å². The van der Waals surface area contributed by atoms with Crippen LogP contribution >= 0.6 is 0 Å². The minimum atomic E-state index is -0.201. The Morgan fingerprint density at radius 3 is 2.09 bits per heavy atom. The summed E-state index contributed by atoms with van der Waals surface area (Å²) in [6.07, 6.45) is 3.00. The lowest BCUT2D eigenvalue weighted by molar-refractivity contribution is 0.162. The van der Waals surface area contributed by atoms with Gasteiger partial charge in [-0.1, -0.05) is 62.5 Å². The predicted molar refractivity (Wildman–Crippen MR) is 141 cm³/mol. The molecular weight excluding hydrogens is 439 g/mol. The molecule has 0 unspecified atom stereocenters. The zero-order chi connectivity index (χ0) is 25.2. The van der Waals surface area contributed by atoms with Crippen LogP contribution in [0.3, 0.4) is 0 Å². The van der Waals surface area contributed by atoms with Crippen LogP contribution in [0.1, 0.15) is 36.1 Å². The number of hydrogen-bond acceptors (Lipinski definition) is 3. The highest BCUT2D eigenvalue weighted by molar-refractivity contribution is 5.69. The van der Waals surface area contributed by atoms with Gasteiger partial charge in [0.1, 0.15) is 30.5 Å². The standard InChI is InChI=1S/C31H35FO3/c1-5-27-20-26(16-17-33)10-14-29(27)30-15-11-25(21-31(30)32)7-6-24-8-12-28(13-9-24)35-19-18-34-23(4)22(2)3/h8-15,20-21,33H,2,4-7,16-19H2,1,3H3. The Balaban J connectivity index is 1.56. The highest BCUT2D eigenvalue weighted by Crippen LogP contribution is 2.29. The quantitative estimate of drug-likeness (QED) is 0.167. The molecule has 0 saturated heterocycles. The van der Waals surface area contributed by atoms with Gasteiger partial charge in [0.05, 0.1) is 0 Å². The van der Waals surface area contributed by atoms with E-state index in [1.165, 1.54) is 5.56 Å². The monoisotopic (exact) mass is 474 g/mol. The molecule has 3 nitrogen and oxygen atoms in total. The largest absolute Gasteiger partial charge is 0.490 e. The predicted octanol–water partition coefficient (Wildman–Crippen LogP) is 6.86. The fourth-order valence-electron chi connectivity index (χ4n) is 3.91. The maximum atomic E-state index is 15.0. The molecule has 1 N–H and O–H groups in total. The summed E-state index contributed by atoms with van der Waals surface area (Å²) in [4.78, 5) is 0. The molecule has 0 spiro atoms. The molecule has 4 heteroatoms. The minimum Gasteiger partial charge on any atom is -0.490 e. The van der Waals surface area contributed by atoms with Crippen LogP contribution in [0.15, 0.2) is 85.2 Å².